The third-order valence-corrected chi connectivity index (χ3v) is 3.31. The maximum Gasteiger partial charge on any atom is 0.282 e. The standard InChI is InChI=1S/C13H19N3O4/c1-13(2,8-17)15(4)12(18)10-7-9(14-3)5-6-11(10)16(19)20/h5-7,14,17H,8H2,1-4H3. The molecule has 0 spiro atoms. The number of carbonyl (C=O) groups excluding carboxylic acids is 1. The van der Waals surface area contributed by atoms with Crippen LogP contribution in [0.25, 0.3) is 0 Å². The quantitative estimate of drug-likeness (QED) is 0.629. The van der Waals surface area contributed by atoms with Gasteiger partial charge in [0.2, 0.25) is 0 Å². The normalized spacial score (nSPS) is 11.1. The van der Waals surface area contributed by atoms with Gasteiger partial charge in [-0.25, -0.2) is 0 Å². The molecule has 0 aliphatic rings. The van der Waals surface area contributed by atoms with E-state index in [4.69, 9.17) is 0 Å². The molecule has 0 saturated carbocycles. The van der Waals surface area contributed by atoms with Gasteiger partial charge < -0.3 is 15.3 Å². The van der Waals surface area contributed by atoms with E-state index in [0.717, 1.165) is 0 Å². The van der Waals surface area contributed by atoms with Crippen LogP contribution in [0.3, 0.4) is 0 Å². The maximum atomic E-state index is 12.4. The SMILES string of the molecule is CNc1ccc([N+](=O)[O-])c(C(=O)N(C)C(C)(C)CO)c1. The van der Waals surface area contributed by atoms with Gasteiger partial charge in [0.1, 0.15) is 5.56 Å². The number of nitro groups is 1. The van der Waals surface area contributed by atoms with Crippen molar-refractivity contribution in [2.45, 2.75) is 19.4 Å². The highest BCUT2D eigenvalue weighted by molar-refractivity contribution is 5.99. The number of anilines is 1. The number of amides is 1. The van der Waals surface area contributed by atoms with Crippen LogP contribution in [0.15, 0.2) is 18.2 Å². The molecule has 1 aromatic carbocycles. The summed E-state index contributed by atoms with van der Waals surface area (Å²) in [6, 6.07) is 4.26. The lowest BCUT2D eigenvalue weighted by Gasteiger charge is -2.33. The Kier molecular flexibility index (Phi) is 4.67. The smallest absolute Gasteiger partial charge is 0.282 e. The van der Waals surface area contributed by atoms with Gasteiger partial charge in [-0.15, -0.1) is 0 Å². The molecule has 0 radical (unpaired) electrons. The average Bonchev–Trinajstić information content (AvgIpc) is 2.44. The minimum atomic E-state index is -0.805. The summed E-state index contributed by atoms with van der Waals surface area (Å²) < 4.78 is 0. The third kappa shape index (κ3) is 3.05. The van der Waals surface area contributed by atoms with Crippen molar-refractivity contribution in [3.63, 3.8) is 0 Å². The zero-order valence-electron chi connectivity index (χ0n) is 12.0. The van der Waals surface area contributed by atoms with Gasteiger partial charge >= 0.3 is 0 Å². The Morgan fingerprint density at radius 1 is 1.50 bits per heavy atom. The first kappa shape index (κ1) is 15.9. The topological polar surface area (TPSA) is 95.7 Å². The summed E-state index contributed by atoms with van der Waals surface area (Å²) in [6.07, 6.45) is 0. The van der Waals surface area contributed by atoms with Crippen molar-refractivity contribution in [3.05, 3.63) is 33.9 Å². The third-order valence-electron chi connectivity index (χ3n) is 3.31. The molecular formula is C13H19N3O4. The van der Waals surface area contributed by atoms with E-state index in [1.807, 2.05) is 0 Å². The molecule has 0 bridgehead atoms. The molecule has 7 heteroatoms. The summed E-state index contributed by atoms with van der Waals surface area (Å²) in [7, 11) is 3.17. The second-order valence-electron chi connectivity index (χ2n) is 5.07. The van der Waals surface area contributed by atoms with Crippen LogP contribution in [-0.4, -0.2) is 47.1 Å². The van der Waals surface area contributed by atoms with Gasteiger partial charge in [-0.2, -0.15) is 0 Å². The van der Waals surface area contributed by atoms with Crippen LogP contribution in [-0.2, 0) is 0 Å². The van der Waals surface area contributed by atoms with Crippen molar-refractivity contribution in [1.29, 1.82) is 0 Å². The van der Waals surface area contributed by atoms with E-state index >= 15 is 0 Å². The summed E-state index contributed by atoms with van der Waals surface area (Å²) in [5, 5.41) is 23.2. The van der Waals surface area contributed by atoms with Crippen LogP contribution in [0.2, 0.25) is 0 Å². The highest BCUT2D eigenvalue weighted by Crippen LogP contribution is 2.26. The predicted molar refractivity (Wildman–Crippen MR) is 75.9 cm³/mol. The van der Waals surface area contributed by atoms with Gasteiger partial charge in [0.05, 0.1) is 17.1 Å². The second-order valence-corrected chi connectivity index (χ2v) is 5.07. The van der Waals surface area contributed by atoms with Crippen LogP contribution in [0.4, 0.5) is 11.4 Å². The Bertz CT molecular complexity index is 528. The molecule has 20 heavy (non-hydrogen) atoms. The molecule has 110 valence electrons. The van der Waals surface area contributed by atoms with Gasteiger partial charge in [0.15, 0.2) is 0 Å². The van der Waals surface area contributed by atoms with Gasteiger partial charge in [0.25, 0.3) is 11.6 Å². The lowest BCUT2D eigenvalue weighted by Crippen LogP contribution is -2.47. The van der Waals surface area contributed by atoms with Crippen LogP contribution >= 0.6 is 0 Å². The number of rotatable bonds is 5. The van der Waals surface area contributed by atoms with Crippen molar-refractivity contribution in [3.8, 4) is 0 Å². The lowest BCUT2D eigenvalue weighted by molar-refractivity contribution is -0.385. The van der Waals surface area contributed by atoms with Crippen LogP contribution in [0, 0.1) is 10.1 Å². The molecule has 0 saturated heterocycles. The fraction of sp³-hybridized carbons (Fsp3) is 0.462. The number of nitrogens with one attached hydrogen (secondary N) is 1. The lowest BCUT2D eigenvalue weighted by atomic mass is 10.0. The molecule has 0 atom stereocenters. The fourth-order valence-corrected chi connectivity index (χ4v) is 1.58. The van der Waals surface area contributed by atoms with Gasteiger partial charge in [-0.3, -0.25) is 14.9 Å². The van der Waals surface area contributed by atoms with Crippen molar-refractivity contribution in [1.82, 2.24) is 4.90 Å². The van der Waals surface area contributed by atoms with Crippen LogP contribution < -0.4 is 5.32 Å². The van der Waals surface area contributed by atoms with Crippen molar-refractivity contribution >= 4 is 17.3 Å². The molecule has 2 N–H and O–H groups in total. The average molecular weight is 281 g/mol. The number of likely N-dealkylation sites (N-methyl/N-ethyl adjacent to an activating group) is 1. The molecule has 1 amide bonds. The van der Waals surface area contributed by atoms with E-state index < -0.39 is 16.4 Å². The number of aliphatic hydroxyl groups is 1. The molecule has 0 aromatic heterocycles. The molecule has 0 aliphatic carbocycles. The number of aliphatic hydroxyl groups excluding tert-OH is 1. The Hall–Kier alpha value is -2.15. The summed E-state index contributed by atoms with van der Waals surface area (Å²) in [6.45, 7) is 3.12. The Morgan fingerprint density at radius 3 is 2.55 bits per heavy atom. The minimum absolute atomic E-state index is 0.00845. The molecule has 0 heterocycles. The summed E-state index contributed by atoms with van der Waals surface area (Å²) in [5.41, 5.74) is -0.463. The largest absolute Gasteiger partial charge is 0.394 e. The molecule has 0 aliphatic heterocycles. The summed E-state index contributed by atoms with van der Waals surface area (Å²) >= 11 is 0. The number of carbonyl (C=O) groups is 1. The summed E-state index contributed by atoms with van der Waals surface area (Å²) in [4.78, 5) is 24.2. The highest BCUT2D eigenvalue weighted by Gasteiger charge is 2.31. The Balaban J connectivity index is 3.29. The molecule has 0 unspecified atom stereocenters. The van der Waals surface area contributed by atoms with E-state index in [0.29, 0.717) is 5.69 Å². The first-order chi connectivity index (χ1) is 9.24. The van der Waals surface area contributed by atoms with E-state index in [1.54, 1.807) is 20.9 Å². The number of benzene rings is 1. The zero-order valence-corrected chi connectivity index (χ0v) is 12.0. The van der Waals surface area contributed by atoms with E-state index in [-0.39, 0.29) is 17.9 Å². The van der Waals surface area contributed by atoms with E-state index in [2.05, 4.69) is 5.32 Å². The van der Waals surface area contributed by atoms with Gasteiger partial charge in [-0.1, -0.05) is 0 Å². The first-order valence-corrected chi connectivity index (χ1v) is 6.10. The van der Waals surface area contributed by atoms with E-state index in [9.17, 15) is 20.0 Å². The Labute approximate surface area is 117 Å². The Morgan fingerprint density at radius 2 is 2.10 bits per heavy atom. The maximum absolute atomic E-state index is 12.4. The number of hydrogen-bond acceptors (Lipinski definition) is 5. The van der Waals surface area contributed by atoms with Gasteiger partial charge in [-0.05, 0) is 26.0 Å². The minimum Gasteiger partial charge on any atom is -0.394 e. The number of nitro benzene ring substituents is 1. The second kappa shape index (κ2) is 5.87. The van der Waals surface area contributed by atoms with Crippen LogP contribution in [0.5, 0.6) is 0 Å². The number of hydrogen-bond donors (Lipinski definition) is 2. The molecule has 1 aromatic rings. The number of nitrogens with zero attached hydrogens (tertiary/aromatic N) is 2. The van der Waals surface area contributed by atoms with Crippen molar-refractivity contribution < 1.29 is 14.8 Å². The first-order valence-electron chi connectivity index (χ1n) is 6.10. The predicted octanol–water partition coefficient (Wildman–Crippen LogP) is 1.48. The van der Waals surface area contributed by atoms with Crippen molar-refractivity contribution in [2.75, 3.05) is 26.0 Å². The van der Waals surface area contributed by atoms with E-state index in [1.165, 1.54) is 30.1 Å². The zero-order chi connectivity index (χ0) is 15.5. The molecule has 7 nitrogen and oxygen atoms in total. The van der Waals surface area contributed by atoms with Crippen LogP contribution in [0.1, 0.15) is 24.2 Å². The molecule has 1 rings (SSSR count). The fourth-order valence-electron chi connectivity index (χ4n) is 1.58. The summed E-state index contributed by atoms with van der Waals surface area (Å²) in [5.74, 6) is -0.507. The molecule has 0 fully saturated rings. The highest BCUT2D eigenvalue weighted by atomic mass is 16.6. The van der Waals surface area contributed by atoms with Crippen molar-refractivity contribution in [2.24, 2.45) is 0 Å². The van der Waals surface area contributed by atoms with Gasteiger partial charge in [0, 0.05) is 25.8 Å². The molecular weight excluding hydrogens is 262 g/mol. The monoisotopic (exact) mass is 281 g/mol.